The fourth-order valence-corrected chi connectivity index (χ4v) is 0.998. The molecule has 0 fully saturated rings. The Morgan fingerprint density at radius 1 is 1.55 bits per heavy atom. The molecule has 0 saturated heterocycles. The normalized spacial score (nSPS) is 37.5. The average Bonchev–Trinajstić information content (AvgIpc) is 2.05. The van der Waals surface area contributed by atoms with Crippen LogP contribution >= 0.6 is 0 Å². The smallest absolute Gasteiger partial charge is 0.176 e. The average molecular weight is 158 g/mol. The molecular formula is C7H14N2O2. The molecule has 0 aromatic heterocycles. The second kappa shape index (κ2) is 3.82. The zero-order valence-electron chi connectivity index (χ0n) is 6.57. The van der Waals surface area contributed by atoms with Crippen molar-refractivity contribution >= 4 is 0 Å². The molecule has 1 heterocycles. The van der Waals surface area contributed by atoms with Gasteiger partial charge < -0.3 is 20.9 Å². The van der Waals surface area contributed by atoms with E-state index in [-0.39, 0.29) is 18.4 Å². The van der Waals surface area contributed by atoms with Crippen LogP contribution in [-0.4, -0.2) is 32.1 Å². The van der Waals surface area contributed by atoms with Gasteiger partial charge >= 0.3 is 0 Å². The van der Waals surface area contributed by atoms with Gasteiger partial charge in [-0.2, -0.15) is 0 Å². The summed E-state index contributed by atoms with van der Waals surface area (Å²) >= 11 is 0. The highest BCUT2D eigenvalue weighted by Crippen LogP contribution is 2.10. The lowest BCUT2D eigenvalue weighted by Crippen LogP contribution is -2.43. The maximum Gasteiger partial charge on any atom is 0.176 e. The molecule has 0 saturated carbocycles. The van der Waals surface area contributed by atoms with Crippen LogP contribution in [0.1, 0.15) is 0 Å². The highest BCUT2D eigenvalue weighted by molar-refractivity contribution is 5.02. The molecule has 0 aliphatic carbocycles. The van der Waals surface area contributed by atoms with E-state index in [1.165, 1.54) is 0 Å². The number of rotatable bonds is 2. The van der Waals surface area contributed by atoms with Gasteiger partial charge in [0.2, 0.25) is 0 Å². The first-order valence-electron chi connectivity index (χ1n) is 3.60. The predicted molar refractivity (Wildman–Crippen MR) is 41.8 cm³/mol. The lowest BCUT2D eigenvalue weighted by Gasteiger charge is -2.28. The highest BCUT2D eigenvalue weighted by Gasteiger charge is 2.22. The van der Waals surface area contributed by atoms with Crippen molar-refractivity contribution in [2.24, 2.45) is 11.5 Å². The van der Waals surface area contributed by atoms with Gasteiger partial charge in [-0.05, 0) is 0 Å². The Hall–Kier alpha value is -0.420. The summed E-state index contributed by atoms with van der Waals surface area (Å²) in [7, 11) is 1.57. The molecule has 0 unspecified atom stereocenters. The van der Waals surface area contributed by atoms with Crippen molar-refractivity contribution in [1.82, 2.24) is 0 Å². The van der Waals surface area contributed by atoms with E-state index < -0.39 is 0 Å². The second-order valence-electron chi connectivity index (χ2n) is 2.48. The molecule has 0 spiro atoms. The van der Waals surface area contributed by atoms with Crippen LogP contribution < -0.4 is 11.5 Å². The molecule has 64 valence electrons. The molecule has 4 nitrogen and oxygen atoms in total. The summed E-state index contributed by atoms with van der Waals surface area (Å²) in [5.41, 5.74) is 11.0. The summed E-state index contributed by atoms with van der Waals surface area (Å²) in [6.07, 6.45) is 3.31. The maximum atomic E-state index is 5.63. The van der Waals surface area contributed by atoms with Crippen LogP contribution in [0.15, 0.2) is 12.2 Å². The SMILES string of the molecule is CO[C@H]1O[C@H](CN)C=C[C@H]1N. The zero-order chi connectivity index (χ0) is 8.27. The Morgan fingerprint density at radius 2 is 2.27 bits per heavy atom. The molecule has 4 N–H and O–H groups in total. The van der Waals surface area contributed by atoms with Crippen molar-refractivity contribution in [2.45, 2.75) is 18.4 Å². The Morgan fingerprint density at radius 3 is 2.82 bits per heavy atom. The predicted octanol–water partition coefficient (Wildman–Crippen LogP) is -0.800. The van der Waals surface area contributed by atoms with E-state index in [4.69, 9.17) is 20.9 Å². The highest BCUT2D eigenvalue weighted by atomic mass is 16.7. The van der Waals surface area contributed by atoms with Gasteiger partial charge in [-0.3, -0.25) is 0 Å². The minimum atomic E-state index is -0.353. The van der Waals surface area contributed by atoms with E-state index >= 15 is 0 Å². The molecule has 0 aromatic carbocycles. The maximum absolute atomic E-state index is 5.63. The van der Waals surface area contributed by atoms with Gasteiger partial charge in [0.25, 0.3) is 0 Å². The fraction of sp³-hybridized carbons (Fsp3) is 0.714. The van der Waals surface area contributed by atoms with Crippen LogP contribution in [0.5, 0.6) is 0 Å². The number of hydrogen-bond acceptors (Lipinski definition) is 4. The van der Waals surface area contributed by atoms with Gasteiger partial charge in [0.15, 0.2) is 6.29 Å². The summed E-state index contributed by atoms with van der Waals surface area (Å²) < 4.78 is 10.3. The van der Waals surface area contributed by atoms with Crippen molar-refractivity contribution < 1.29 is 9.47 Å². The first-order valence-corrected chi connectivity index (χ1v) is 3.60. The van der Waals surface area contributed by atoms with E-state index in [9.17, 15) is 0 Å². The summed E-state index contributed by atoms with van der Waals surface area (Å²) in [4.78, 5) is 0. The van der Waals surface area contributed by atoms with Crippen LogP contribution in [0.3, 0.4) is 0 Å². The van der Waals surface area contributed by atoms with Gasteiger partial charge in [-0.1, -0.05) is 12.2 Å². The zero-order valence-corrected chi connectivity index (χ0v) is 6.57. The van der Waals surface area contributed by atoms with Gasteiger partial charge in [0, 0.05) is 13.7 Å². The van der Waals surface area contributed by atoms with E-state index in [1.807, 2.05) is 12.2 Å². The summed E-state index contributed by atoms with van der Waals surface area (Å²) in [5, 5.41) is 0. The van der Waals surface area contributed by atoms with Gasteiger partial charge in [-0.25, -0.2) is 0 Å². The molecule has 1 aliphatic heterocycles. The fourth-order valence-electron chi connectivity index (χ4n) is 0.998. The van der Waals surface area contributed by atoms with Gasteiger partial charge in [0.05, 0.1) is 12.1 Å². The van der Waals surface area contributed by atoms with Gasteiger partial charge in [-0.15, -0.1) is 0 Å². The first kappa shape index (κ1) is 8.67. The number of hydrogen-bond donors (Lipinski definition) is 2. The topological polar surface area (TPSA) is 70.5 Å². The standard InChI is InChI=1S/C7H14N2O2/c1-10-7-6(9)3-2-5(4-8)11-7/h2-3,5-7H,4,8-9H2,1H3/t5-,6+,7-/m0/s1. The first-order chi connectivity index (χ1) is 5.27. The number of ether oxygens (including phenoxy) is 2. The minimum absolute atomic E-state index is 0.0558. The van der Waals surface area contributed by atoms with Crippen molar-refractivity contribution in [3.63, 3.8) is 0 Å². The number of methoxy groups -OCH3 is 1. The number of nitrogens with two attached hydrogens (primary N) is 2. The third-order valence-corrected chi connectivity index (χ3v) is 1.64. The Bertz CT molecular complexity index is 149. The van der Waals surface area contributed by atoms with E-state index in [0.717, 1.165) is 0 Å². The molecule has 4 heteroatoms. The lowest BCUT2D eigenvalue weighted by molar-refractivity contribution is -0.152. The largest absolute Gasteiger partial charge is 0.354 e. The summed E-state index contributed by atoms with van der Waals surface area (Å²) in [6.45, 7) is 0.461. The Kier molecular flexibility index (Phi) is 3.02. The second-order valence-corrected chi connectivity index (χ2v) is 2.48. The molecular weight excluding hydrogens is 144 g/mol. The van der Waals surface area contributed by atoms with Crippen LogP contribution in [-0.2, 0) is 9.47 Å². The molecule has 0 aromatic rings. The van der Waals surface area contributed by atoms with E-state index in [1.54, 1.807) is 7.11 Å². The molecule has 1 rings (SSSR count). The Labute approximate surface area is 66.1 Å². The van der Waals surface area contributed by atoms with Crippen LogP contribution in [0.25, 0.3) is 0 Å². The van der Waals surface area contributed by atoms with Crippen molar-refractivity contribution in [2.75, 3.05) is 13.7 Å². The quantitative estimate of drug-likeness (QED) is 0.516. The van der Waals surface area contributed by atoms with Crippen molar-refractivity contribution in [3.05, 3.63) is 12.2 Å². The molecule has 0 radical (unpaired) electrons. The molecule has 11 heavy (non-hydrogen) atoms. The summed E-state index contributed by atoms with van der Waals surface area (Å²) in [5.74, 6) is 0. The third kappa shape index (κ3) is 2.00. The van der Waals surface area contributed by atoms with Crippen LogP contribution in [0.2, 0.25) is 0 Å². The van der Waals surface area contributed by atoms with Gasteiger partial charge in [0.1, 0.15) is 0 Å². The lowest BCUT2D eigenvalue weighted by atomic mass is 10.2. The van der Waals surface area contributed by atoms with Crippen LogP contribution in [0, 0.1) is 0 Å². The van der Waals surface area contributed by atoms with Crippen molar-refractivity contribution in [3.8, 4) is 0 Å². The minimum Gasteiger partial charge on any atom is -0.354 e. The Balaban J connectivity index is 2.52. The molecule has 3 atom stereocenters. The van der Waals surface area contributed by atoms with E-state index in [2.05, 4.69) is 0 Å². The monoisotopic (exact) mass is 158 g/mol. The third-order valence-electron chi connectivity index (χ3n) is 1.64. The molecule has 0 amide bonds. The molecule has 0 bridgehead atoms. The van der Waals surface area contributed by atoms with Crippen LogP contribution in [0.4, 0.5) is 0 Å². The van der Waals surface area contributed by atoms with E-state index in [0.29, 0.717) is 6.54 Å². The molecule has 1 aliphatic rings. The summed E-state index contributed by atoms with van der Waals surface area (Å²) in [6, 6.07) is -0.178. The van der Waals surface area contributed by atoms with Crippen molar-refractivity contribution in [1.29, 1.82) is 0 Å².